The molecule has 156 valence electrons. The molecule has 2 aliphatic rings. The summed E-state index contributed by atoms with van der Waals surface area (Å²) >= 11 is 0. The third-order valence-corrected chi connectivity index (χ3v) is 6.12. The smallest absolute Gasteiger partial charge is 0.256 e. The van der Waals surface area contributed by atoms with Crippen molar-refractivity contribution in [3.8, 4) is 5.75 Å². The molecule has 5 rings (SSSR count). The summed E-state index contributed by atoms with van der Waals surface area (Å²) in [5, 5.41) is 7.10. The summed E-state index contributed by atoms with van der Waals surface area (Å²) in [6.45, 7) is 3.86. The highest BCUT2D eigenvalue weighted by Crippen LogP contribution is 2.47. The van der Waals surface area contributed by atoms with Gasteiger partial charge in [0.15, 0.2) is 11.6 Å². The largest absolute Gasteiger partial charge is 0.494 e. The molecule has 1 amide bonds. The predicted molar refractivity (Wildman–Crippen MR) is 109 cm³/mol. The van der Waals surface area contributed by atoms with Gasteiger partial charge in [-0.2, -0.15) is 0 Å². The Morgan fingerprint density at radius 3 is 2.63 bits per heavy atom. The van der Waals surface area contributed by atoms with Crippen LogP contribution in [0.2, 0.25) is 0 Å². The zero-order chi connectivity index (χ0) is 21.1. The number of hydrogen-bond acceptors (Lipinski definition) is 6. The number of rotatable bonds is 6. The lowest BCUT2D eigenvalue weighted by Crippen LogP contribution is -2.35. The van der Waals surface area contributed by atoms with Crippen molar-refractivity contribution in [1.29, 1.82) is 0 Å². The van der Waals surface area contributed by atoms with E-state index in [4.69, 9.17) is 9.15 Å². The molecule has 0 radical (unpaired) electrons. The molecule has 2 aromatic heterocycles. The molecule has 0 atom stereocenters. The van der Waals surface area contributed by atoms with E-state index in [1.165, 1.54) is 19.5 Å². The van der Waals surface area contributed by atoms with Gasteiger partial charge in [-0.3, -0.25) is 4.79 Å². The highest BCUT2D eigenvalue weighted by atomic mass is 19.1. The van der Waals surface area contributed by atoms with Gasteiger partial charge in [-0.1, -0.05) is 6.07 Å². The van der Waals surface area contributed by atoms with Crippen LogP contribution in [0.3, 0.4) is 0 Å². The minimum atomic E-state index is -0.591. The van der Waals surface area contributed by atoms with Crippen molar-refractivity contribution in [1.82, 2.24) is 15.3 Å². The second kappa shape index (κ2) is 6.42. The number of furan rings is 1. The average molecular weight is 410 g/mol. The molecule has 0 saturated heterocycles. The average Bonchev–Trinajstić information content (AvgIpc) is 3.61. The summed E-state index contributed by atoms with van der Waals surface area (Å²) in [7, 11) is 1.43. The van der Waals surface area contributed by atoms with E-state index in [1.807, 2.05) is 0 Å². The van der Waals surface area contributed by atoms with Crippen molar-refractivity contribution in [2.75, 3.05) is 12.4 Å². The van der Waals surface area contributed by atoms with Gasteiger partial charge in [-0.05, 0) is 57.2 Å². The van der Waals surface area contributed by atoms with Crippen LogP contribution in [0.1, 0.15) is 54.3 Å². The van der Waals surface area contributed by atoms with Crippen molar-refractivity contribution < 1.29 is 18.3 Å². The minimum absolute atomic E-state index is 0.0153. The summed E-state index contributed by atoms with van der Waals surface area (Å²) in [6.07, 6.45) is 4.99. The van der Waals surface area contributed by atoms with E-state index >= 15 is 0 Å². The minimum Gasteiger partial charge on any atom is -0.494 e. The Morgan fingerprint density at radius 2 is 2.00 bits per heavy atom. The predicted octanol–water partition coefficient (Wildman–Crippen LogP) is 4.06. The second-order valence-corrected chi connectivity index (χ2v) is 8.51. The summed E-state index contributed by atoms with van der Waals surface area (Å²) in [5.74, 6) is 0.529. The third kappa shape index (κ3) is 3.07. The molecule has 8 heteroatoms. The Kier molecular flexibility index (Phi) is 4.03. The molecule has 0 aliphatic heterocycles. The zero-order valence-electron chi connectivity index (χ0n) is 17.1. The Bertz CT molecular complexity index is 1160. The van der Waals surface area contributed by atoms with E-state index < -0.39 is 11.4 Å². The van der Waals surface area contributed by atoms with Gasteiger partial charge in [-0.15, -0.1) is 0 Å². The number of aryl methyl sites for hydroxylation is 1. The topological polar surface area (TPSA) is 89.3 Å². The van der Waals surface area contributed by atoms with Crippen molar-refractivity contribution in [2.45, 2.75) is 50.6 Å². The van der Waals surface area contributed by atoms with Crippen LogP contribution in [0.4, 0.5) is 10.2 Å². The first-order valence-electron chi connectivity index (χ1n) is 10.0. The number of benzene rings is 1. The maximum atomic E-state index is 14.2. The van der Waals surface area contributed by atoms with Crippen molar-refractivity contribution in [3.63, 3.8) is 0 Å². The van der Waals surface area contributed by atoms with Crippen molar-refractivity contribution in [3.05, 3.63) is 47.2 Å². The Hall–Kier alpha value is -3.16. The lowest BCUT2D eigenvalue weighted by Gasteiger charge is -2.19. The number of nitrogens with one attached hydrogen (secondary N) is 2. The number of aromatic nitrogens is 2. The van der Waals surface area contributed by atoms with E-state index in [2.05, 4.69) is 27.5 Å². The molecule has 0 bridgehead atoms. The molecule has 2 N–H and O–H groups in total. The summed E-state index contributed by atoms with van der Waals surface area (Å²) in [4.78, 5) is 21.9. The normalized spacial score (nSPS) is 18.1. The van der Waals surface area contributed by atoms with Crippen LogP contribution in [0, 0.1) is 12.7 Å². The van der Waals surface area contributed by atoms with Crippen LogP contribution in [0.5, 0.6) is 5.75 Å². The summed E-state index contributed by atoms with van der Waals surface area (Å²) in [6, 6.07) is 4.80. The molecule has 2 heterocycles. The fourth-order valence-corrected chi connectivity index (χ4v) is 3.87. The molecule has 2 saturated carbocycles. The number of hydrogen-bond donors (Lipinski definition) is 2. The van der Waals surface area contributed by atoms with Crippen LogP contribution in [-0.2, 0) is 5.54 Å². The Balaban J connectivity index is 1.49. The first kappa shape index (κ1) is 18.8. The van der Waals surface area contributed by atoms with Crippen LogP contribution in [-0.4, -0.2) is 28.5 Å². The fourth-order valence-electron chi connectivity index (χ4n) is 3.87. The Morgan fingerprint density at radius 1 is 1.23 bits per heavy atom. The first-order valence-corrected chi connectivity index (χ1v) is 10.0. The number of anilines is 1. The molecule has 1 aromatic carbocycles. The second-order valence-electron chi connectivity index (χ2n) is 8.51. The highest BCUT2D eigenvalue weighted by molar-refractivity contribution is 6.10. The van der Waals surface area contributed by atoms with Gasteiger partial charge in [0.05, 0.1) is 23.6 Å². The number of ether oxygens (including phenoxy) is 1. The molecular formula is C22H23FN4O3. The molecule has 30 heavy (non-hydrogen) atoms. The Labute approximate surface area is 173 Å². The standard InChI is InChI=1S/C22H23FN4O3/c1-12-16(17-18(26-21(2)6-7-21)24-11-25-20(17)30-12)19(28)27-22(8-9-22)13-4-5-15(29-3)14(23)10-13/h4-5,10-11H,6-9H2,1-3H3,(H,27,28)(H,24,25,26). The number of methoxy groups -OCH3 is 1. The summed E-state index contributed by atoms with van der Waals surface area (Å²) in [5.41, 5.74) is 0.904. The highest BCUT2D eigenvalue weighted by Gasteiger charge is 2.47. The fraction of sp³-hybridized carbons (Fsp3) is 0.409. The molecule has 0 spiro atoms. The maximum Gasteiger partial charge on any atom is 0.256 e. The van der Waals surface area contributed by atoms with Crippen LogP contribution in [0.25, 0.3) is 11.1 Å². The number of carbonyl (C=O) groups is 1. The summed E-state index contributed by atoms with van der Waals surface area (Å²) < 4.78 is 25.0. The third-order valence-electron chi connectivity index (χ3n) is 6.12. The van der Waals surface area contributed by atoms with Gasteiger partial charge in [0, 0.05) is 5.54 Å². The number of carbonyl (C=O) groups excluding carboxylic acids is 1. The van der Waals surface area contributed by atoms with E-state index in [1.54, 1.807) is 19.1 Å². The maximum absolute atomic E-state index is 14.2. The molecule has 7 nitrogen and oxygen atoms in total. The molecule has 2 fully saturated rings. The molecular weight excluding hydrogens is 387 g/mol. The van der Waals surface area contributed by atoms with Gasteiger partial charge in [0.1, 0.15) is 17.9 Å². The van der Waals surface area contributed by atoms with Gasteiger partial charge in [0.25, 0.3) is 5.91 Å². The first-order chi connectivity index (χ1) is 14.3. The van der Waals surface area contributed by atoms with Crippen LogP contribution >= 0.6 is 0 Å². The number of halogens is 1. The van der Waals surface area contributed by atoms with Gasteiger partial charge < -0.3 is 19.8 Å². The van der Waals surface area contributed by atoms with E-state index in [-0.39, 0.29) is 17.2 Å². The van der Waals surface area contributed by atoms with Crippen molar-refractivity contribution >= 4 is 22.8 Å². The van der Waals surface area contributed by atoms with Crippen LogP contribution in [0.15, 0.2) is 28.9 Å². The van der Waals surface area contributed by atoms with Crippen molar-refractivity contribution in [2.24, 2.45) is 0 Å². The number of amides is 1. The molecule has 2 aliphatic carbocycles. The number of fused-ring (bicyclic) bond motifs is 1. The van der Waals surface area contributed by atoms with Gasteiger partial charge in [-0.25, -0.2) is 14.4 Å². The molecule has 3 aromatic rings. The lowest BCUT2D eigenvalue weighted by atomic mass is 10.0. The quantitative estimate of drug-likeness (QED) is 0.637. The SMILES string of the molecule is COc1ccc(C2(NC(=O)c3c(C)oc4ncnc(NC5(C)CC5)c34)CC2)cc1F. The lowest BCUT2D eigenvalue weighted by molar-refractivity contribution is 0.0930. The van der Waals surface area contributed by atoms with Gasteiger partial charge >= 0.3 is 0 Å². The molecule has 0 unspecified atom stereocenters. The van der Waals surface area contributed by atoms with E-state index in [0.717, 1.165) is 31.2 Å². The van der Waals surface area contributed by atoms with Crippen LogP contribution < -0.4 is 15.4 Å². The van der Waals surface area contributed by atoms with E-state index in [0.29, 0.717) is 28.2 Å². The van der Waals surface area contributed by atoms with E-state index in [9.17, 15) is 9.18 Å². The zero-order valence-corrected chi connectivity index (χ0v) is 17.1. The number of nitrogens with zero attached hydrogens (tertiary/aromatic N) is 2. The monoisotopic (exact) mass is 410 g/mol. The van der Waals surface area contributed by atoms with Gasteiger partial charge in [0.2, 0.25) is 5.71 Å².